The number of hydrogen-bond donors (Lipinski definition) is 0. The average molecular weight is 299 g/mol. The minimum Gasteiger partial charge on any atom is -0.454 e. The molecule has 3 aliphatic rings. The van der Waals surface area contributed by atoms with Crippen LogP contribution in [0.3, 0.4) is 0 Å². The van der Waals surface area contributed by atoms with Crippen molar-refractivity contribution in [3.05, 3.63) is 29.5 Å². The van der Waals surface area contributed by atoms with Gasteiger partial charge in [-0.1, -0.05) is 25.3 Å². The van der Waals surface area contributed by atoms with Gasteiger partial charge in [-0.2, -0.15) is 0 Å². The molecule has 1 aromatic rings. The van der Waals surface area contributed by atoms with Crippen LogP contribution >= 0.6 is 0 Å². The van der Waals surface area contributed by atoms with Crippen LogP contribution in [0.2, 0.25) is 0 Å². The minimum absolute atomic E-state index is 0.237. The molecule has 0 N–H and O–H groups in total. The third-order valence-corrected chi connectivity index (χ3v) is 4.29. The van der Waals surface area contributed by atoms with Gasteiger partial charge in [0.25, 0.3) is 0 Å². The molecular formula is C17H17NO4. The highest BCUT2D eigenvalue weighted by Crippen LogP contribution is 2.34. The molecule has 0 radical (unpaired) electrons. The Morgan fingerprint density at radius 2 is 1.91 bits per heavy atom. The van der Waals surface area contributed by atoms with Gasteiger partial charge in [-0.15, -0.1) is 0 Å². The van der Waals surface area contributed by atoms with Crippen molar-refractivity contribution in [2.45, 2.75) is 32.1 Å². The molecule has 22 heavy (non-hydrogen) atoms. The molecule has 4 rings (SSSR count). The molecule has 0 saturated heterocycles. The van der Waals surface area contributed by atoms with Crippen molar-refractivity contribution in [3.8, 4) is 11.5 Å². The van der Waals surface area contributed by atoms with Gasteiger partial charge in [0, 0.05) is 5.92 Å². The van der Waals surface area contributed by atoms with Gasteiger partial charge in [-0.25, -0.2) is 9.79 Å². The molecule has 2 aliphatic heterocycles. The summed E-state index contributed by atoms with van der Waals surface area (Å²) in [6.07, 6.45) is 7.48. The molecule has 0 unspecified atom stereocenters. The number of carbonyl (C=O) groups is 1. The van der Waals surface area contributed by atoms with Gasteiger partial charge in [0.1, 0.15) is 0 Å². The molecule has 1 aromatic carbocycles. The Kier molecular flexibility index (Phi) is 3.33. The molecule has 0 atom stereocenters. The van der Waals surface area contributed by atoms with Crippen molar-refractivity contribution < 1.29 is 19.0 Å². The third-order valence-electron chi connectivity index (χ3n) is 4.29. The Balaban J connectivity index is 1.58. The van der Waals surface area contributed by atoms with Gasteiger partial charge >= 0.3 is 5.97 Å². The van der Waals surface area contributed by atoms with E-state index < -0.39 is 0 Å². The summed E-state index contributed by atoms with van der Waals surface area (Å²) < 4.78 is 16.0. The Hall–Kier alpha value is -2.30. The van der Waals surface area contributed by atoms with Crippen LogP contribution in [0.25, 0.3) is 6.08 Å². The fourth-order valence-electron chi connectivity index (χ4n) is 3.11. The number of fused-ring (bicyclic) bond motifs is 1. The molecule has 0 spiro atoms. The second-order valence-electron chi connectivity index (χ2n) is 5.82. The Morgan fingerprint density at radius 1 is 1.09 bits per heavy atom. The lowest BCUT2D eigenvalue weighted by atomic mass is 9.89. The summed E-state index contributed by atoms with van der Waals surface area (Å²) in [5, 5.41) is 0. The van der Waals surface area contributed by atoms with E-state index in [2.05, 4.69) is 4.99 Å². The average Bonchev–Trinajstić information content (AvgIpc) is 3.15. The van der Waals surface area contributed by atoms with E-state index in [0.29, 0.717) is 23.3 Å². The number of hydrogen-bond acceptors (Lipinski definition) is 5. The lowest BCUT2D eigenvalue weighted by molar-refractivity contribution is -0.130. The molecule has 1 fully saturated rings. The van der Waals surface area contributed by atoms with Crippen LogP contribution in [-0.2, 0) is 9.53 Å². The summed E-state index contributed by atoms with van der Waals surface area (Å²) in [5.74, 6) is 1.94. The second-order valence-corrected chi connectivity index (χ2v) is 5.82. The van der Waals surface area contributed by atoms with Crippen LogP contribution in [0.4, 0.5) is 0 Å². The monoisotopic (exact) mass is 299 g/mol. The van der Waals surface area contributed by atoms with E-state index in [9.17, 15) is 4.79 Å². The molecule has 0 bridgehead atoms. The van der Waals surface area contributed by atoms with E-state index in [-0.39, 0.29) is 12.8 Å². The lowest BCUT2D eigenvalue weighted by Gasteiger charge is -2.19. The highest BCUT2D eigenvalue weighted by atomic mass is 16.7. The minimum atomic E-state index is -0.363. The molecule has 0 amide bonds. The zero-order valence-electron chi connectivity index (χ0n) is 12.2. The highest BCUT2D eigenvalue weighted by Gasteiger charge is 2.30. The molecule has 5 nitrogen and oxygen atoms in total. The van der Waals surface area contributed by atoms with E-state index >= 15 is 0 Å². The molecule has 1 aliphatic carbocycles. The van der Waals surface area contributed by atoms with E-state index in [4.69, 9.17) is 14.2 Å². The predicted octanol–water partition coefficient (Wildman–Crippen LogP) is 3.29. The summed E-state index contributed by atoms with van der Waals surface area (Å²) in [5.41, 5.74) is 1.21. The summed E-state index contributed by atoms with van der Waals surface area (Å²) in [7, 11) is 0. The van der Waals surface area contributed by atoms with E-state index in [1.165, 1.54) is 19.3 Å². The number of cyclic esters (lactones) is 1. The van der Waals surface area contributed by atoms with Gasteiger partial charge in [0.05, 0.1) is 0 Å². The van der Waals surface area contributed by atoms with Crippen LogP contribution in [0.1, 0.15) is 37.7 Å². The first kappa shape index (κ1) is 13.4. The van der Waals surface area contributed by atoms with Crippen molar-refractivity contribution in [2.75, 3.05) is 6.79 Å². The lowest BCUT2D eigenvalue weighted by Crippen LogP contribution is -2.19. The number of esters is 1. The topological polar surface area (TPSA) is 57.1 Å². The van der Waals surface area contributed by atoms with Crippen LogP contribution in [0.15, 0.2) is 28.9 Å². The molecular weight excluding hydrogens is 282 g/mol. The Morgan fingerprint density at radius 3 is 2.77 bits per heavy atom. The molecule has 5 heteroatoms. The first-order chi connectivity index (χ1) is 10.8. The number of ether oxygens (including phenoxy) is 3. The van der Waals surface area contributed by atoms with E-state index in [1.54, 1.807) is 6.08 Å². The van der Waals surface area contributed by atoms with Crippen LogP contribution in [-0.4, -0.2) is 18.7 Å². The first-order valence-corrected chi connectivity index (χ1v) is 7.72. The summed E-state index contributed by atoms with van der Waals surface area (Å²) in [6.45, 7) is 0.237. The predicted molar refractivity (Wildman–Crippen MR) is 80.6 cm³/mol. The quantitative estimate of drug-likeness (QED) is 0.621. The van der Waals surface area contributed by atoms with Crippen LogP contribution in [0, 0.1) is 5.92 Å². The highest BCUT2D eigenvalue weighted by molar-refractivity contribution is 6.07. The Bertz CT molecular complexity index is 671. The normalized spacial score (nSPS) is 22.8. The maximum Gasteiger partial charge on any atom is 0.363 e. The van der Waals surface area contributed by atoms with Crippen molar-refractivity contribution in [1.82, 2.24) is 0 Å². The smallest absolute Gasteiger partial charge is 0.363 e. The third kappa shape index (κ3) is 2.47. The maximum absolute atomic E-state index is 12.0. The zero-order valence-corrected chi connectivity index (χ0v) is 12.2. The summed E-state index contributed by atoms with van der Waals surface area (Å²) >= 11 is 0. The van der Waals surface area contributed by atoms with Crippen molar-refractivity contribution in [3.63, 3.8) is 0 Å². The van der Waals surface area contributed by atoms with Crippen LogP contribution in [0.5, 0.6) is 11.5 Å². The number of benzene rings is 1. The van der Waals surface area contributed by atoms with Crippen molar-refractivity contribution in [2.24, 2.45) is 10.9 Å². The Labute approximate surface area is 128 Å². The summed E-state index contributed by atoms with van der Waals surface area (Å²) in [6, 6.07) is 5.55. The number of aliphatic imine (C=N–C) groups is 1. The molecule has 0 aromatic heterocycles. The van der Waals surface area contributed by atoms with Crippen molar-refractivity contribution in [1.29, 1.82) is 0 Å². The molecule has 114 valence electrons. The number of nitrogens with zero attached hydrogens (tertiary/aromatic N) is 1. The number of rotatable bonds is 2. The maximum atomic E-state index is 12.0. The van der Waals surface area contributed by atoms with E-state index in [1.807, 2.05) is 18.2 Å². The standard InChI is InChI=1S/C17H17NO4/c19-17-13(18-16(22-17)12-4-2-1-3-5-12)8-11-6-7-14-15(9-11)21-10-20-14/h6-9,12H,1-5,10H2. The molecule has 1 saturated carbocycles. The van der Waals surface area contributed by atoms with Gasteiger partial charge in [-0.05, 0) is 36.6 Å². The van der Waals surface area contributed by atoms with Gasteiger partial charge in [0.2, 0.25) is 12.7 Å². The van der Waals surface area contributed by atoms with Gasteiger partial charge < -0.3 is 14.2 Å². The summed E-state index contributed by atoms with van der Waals surface area (Å²) in [4.78, 5) is 16.4. The fraction of sp³-hybridized carbons (Fsp3) is 0.412. The second kappa shape index (κ2) is 5.48. The molecule has 2 heterocycles. The fourth-order valence-corrected chi connectivity index (χ4v) is 3.11. The SMILES string of the molecule is O=C1OC(C2CCCCC2)=NC1=Cc1ccc2c(c1)OCO2. The van der Waals surface area contributed by atoms with E-state index in [0.717, 1.165) is 24.2 Å². The van der Waals surface area contributed by atoms with Crippen molar-refractivity contribution >= 4 is 17.9 Å². The van der Waals surface area contributed by atoms with Gasteiger partial charge in [-0.3, -0.25) is 0 Å². The number of carbonyl (C=O) groups excluding carboxylic acids is 1. The largest absolute Gasteiger partial charge is 0.454 e. The van der Waals surface area contributed by atoms with Crippen LogP contribution < -0.4 is 9.47 Å². The zero-order chi connectivity index (χ0) is 14.9. The van der Waals surface area contributed by atoms with Gasteiger partial charge in [0.15, 0.2) is 17.2 Å². The first-order valence-electron chi connectivity index (χ1n) is 7.72.